The second-order valence-corrected chi connectivity index (χ2v) is 10.3. The Morgan fingerprint density at radius 3 is 2.61 bits per heavy atom. The first kappa shape index (κ1) is 26.2. The van der Waals surface area contributed by atoms with Crippen LogP contribution in [0.1, 0.15) is 23.2 Å². The van der Waals surface area contributed by atoms with Crippen LogP contribution in [0.15, 0.2) is 36.4 Å². The van der Waals surface area contributed by atoms with Crippen molar-refractivity contribution in [3.05, 3.63) is 77.7 Å². The van der Waals surface area contributed by atoms with Crippen molar-refractivity contribution in [2.24, 2.45) is 0 Å². The Morgan fingerprint density at radius 1 is 1.28 bits per heavy atom. The summed E-state index contributed by atoms with van der Waals surface area (Å²) in [7, 11) is 0. The van der Waals surface area contributed by atoms with Crippen LogP contribution in [0.4, 0.5) is 5.69 Å². The largest absolute Gasteiger partial charge is 0.482 e. The van der Waals surface area contributed by atoms with E-state index >= 15 is 0 Å². The molecule has 1 aromatic heterocycles. The second-order valence-electron chi connectivity index (χ2n) is 7.35. The third-order valence-electron chi connectivity index (χ3n) is 4.98. The Hall–Kier alpha value is -2.84. The summed E-state index contributed by atoms with van der Waals surface area (Å²) in [6.45, 7) is -0.242. The molecule has 2 heterocycles. The number of carboxylic acid groups (broad SMARTS) is 1. The number of non-ortho nitro benzene ring substituents is 1. The summed E-state index contributed by atoms with van der Waals surface area (Å²) in [5.41, 5.74) is 0.211. The molecule has 3 aromatic rings. The number of thioether (sulfide) groups is 1. The summed E-state index contributed by atoms with van der Waals surface area (Å²) in [5, 5.41) is 27.3. The third-order valence-corrected chi connectivity index (χ3v) is 7.45. The molecule has 2 unspecified atom stereocenters. The maximum atomic E-state index is 13.4. The van der Waals surface area contributed by atoms with E-state index in [0.717, 1.165) is 11.8 Å². The van der Waals surface area contributed by atoms with Crippen molar-refractivity contribution in [1.82, 2.24) is 14.9 Å². The highest BCUT2D eigenvalue weighted by Crippen LogP contribution is 2.44. The van der Waals surface area contributed by atoms with Crippen molar-refractivity contribution in [2.75, 3.05) is 5.01 Å². The number of carbonyl (C=O) groups excluding carboxylic acids is 1. The molecule has 2 N–H and O–H groups in total. The molecular formula is C20H14Cl3N5O6S2. The molecule has 2 aromatic carbocycles. The lowest BCUT2D eigenvalue weighted by molar-refractivity contribution is -0.384. The van der Waals surface area contributed by atoms with Crippen molar-refractivity contribution in [3.8, 4) is 5.75 Å². The van der Waals surface area contributed by atoms with Crippen molar-refractivity contribution >= 4 is 76.3 Å². The minimum atomic E-state index is -1.17. The number of aliphatic carboxylic acids is 1. The van der Waals surface area contributed by atoms with Crippen LogP contribution in [0.3, 0.4) is 0 Å². The van der Waals surface area contributed by atoms with Crippen LogP contribution in [0.2, 0.25) is 15.1 Å². The fourth-order valence-electron chi connectivity index (χ4n) is 3.49. The molecule has 11 nitrogen and oxygen atoms in total. The number of halogens is 3. The number of aromatic nitrogens is 3. The zero-order valence-electron chi connectivity index (χ0n) is 17.8. The minimum absolute atomic E-state index is 0.0160. The maximum Gasteiger partial charge on any atom is 0.305 e. The van der Waals surface area contributed by atoms with Crippen molar-refractivity contribution < 1.29 is 24.4 Å². The van der Waals surface area contributed by atoms with Gasteiger partial charge in [0.05, 0.1) is 26.6 Å². The second kappa shape index (κ2) is 10.6. The summed E-state index contributed by atoms with van der Waals surface area (Å²) in [6.07, 6.45) is -0.460. The third kappa shape index (κ3) is 5.30. The molecule has 0 bridgehead atoms. The van der Waals surface area contributed by atoms with E-state index in [9.17, 15) is 24.8 Å². The summed E-state index contributed by atoms with van der Waals surface area (Å²) >= 11 is 24.7. The first-order valence-electron chi connectivity index (χ1n) is 9.95. The lowest BCUT2D eigenvalue weighted by Crippen LogP contribution is -2.42. The van der Waals surface area contributed by atoms with Crippen LogP contribution in [0.5, 0.6) is 5.75 Å². The Bertz CT molecular complexity index is 1410. The highest BCUT2D eigenvalue weighted by Gasteiger charge is 2.45. The van der Waals surface area contributed by atoms with E-state index in [1.54, 1.807) is 6.07 Å². The number of H-pyrrole nitrogens is 1. The smallest absolute Gasteiger partial charge is 0.305 e. The van der Waals surface area contributed by atoms with Gasteiger partial charge in [-0.15, -0.1) is 11.8 Å². The Kier molecular flexibility index (Phi) is 7.76. The number of benzene rings is 2. The number of rotatable bonds is 8. The number of carbonyl (C=O) groups is 2. The van der Waals surface area contributed by atoms with Gasteiger partial charge in [0.15, 0.2) is 11.6 Å². The van der Waals surface area contributed by atoms with Gasteiger partial charge >= 0.3 is 5.97 Å². The molecular weight excluding hydrogens is 577 g/mol. The Balaban J connectivity index is 1.73. The first-order chi connectivity index (χ1) is 17.1. The predicted molar refractivity (Wildman–Crippen MR) is 136 cm³/mol. The maximum absolute atomic E-state index is 13.4. The monoisotopic (exact) mass is 589 g/mol. The number of nitro groups is 1. The van der Waals surface area contributed by atoms with Gasteiger partial charge in [-0.3, -0.25) is 24.8 Å². The number of nitro benzene ring substituents is 1. The fourth-order valence-corrected chi connectivity index (χ4v) is 6.04. The average molecular weight is 591 g/mol. The normalized spacial score (nSPS) is 17.4. The van der Waals surface area contributed by atoms with E-state index in [-0.39, 0.29) is 38.7 Å². The zero-order chi connectivity index (χ0) is 26.1. The van der Waals surface area contributed by atoms with Crippen LogP contribution in [-0.4, -0.2) is 42.0 Å². The lowest BCUT2D eigenvalue weighted by Gasteiger charge is -2.25. The van der Waals surface area contributed by atoms with Crippen LogP contribution >= 0.6 is 58.8 Å². The molecule has 0 saturated carbocycles. The molecule has 0 spiro atoms. The number of hydrogen-bond acceptors (Lipinski definition) is 8. The van der Waals surface area contributed by atoms with Gasteiger partial charge in [0.25, 0.3) is 11.6 Å². The zero-order valence-corrected chi connectivity index (χ0v) is 21.7. The molecule has 1 amide bonds. The van der Waals surface area contributed by atoms with Gasteiger partial charge in [-0.2, -0.15) is 5.10 Å². The van der Waals surface area contributed by atoms with E-state index in [2.05, 4.69) is 10.2 Å². The van der Waals surface area contributed by atoms with Crippen molar-refractivity contribution in [3.63, 3.8) is 0 Å². The summed E-state index contributed by atoms with van der Waals surface area (Å²) in [6, 6.07) is 8.58. The predicted octanol–water partition coefficient (Wildman–Crippen LogP) is 5.14. The highest BCUT2D eigenvalue weighted by molar-refractivity contribution is 8.01. The Morgan fingerprint density at radius 2 is 1.97 bits per heavy atom. The van der Waals surface area contributed by atoms with Gasteiger partial charge in [-0.25, -0.2) is 9.69 Å². The Labute approximate surface area is 227 Å². The van der Waals surface area contributed by atoms with Gasteiger partial charge in [0.1, 0.15) is 12.0 Å². The van der Waals surface area contributed by atoms with E-state index in [4.69, 9.17) is 51.8 Å². The van der Waals surface area contributed by atoms with Crippen LogP contribution in [-0.2, 0) is 16.2 Å². The quantitative estimate of drug-likeness (QED) is 0.207. The number of nitrogens with zero attached hydrogens (tertiary/aromatic N) is 4. The summed E-state index contributed by atoms with van der Waals surface area (Å²) < 4.78 is 7.03. The molecule has 1 aliphatic rings. The van der Waals surface area contributed by atoms with E-state index in [0.29, 0.717) is 10.6 Å². The van der Waals surface area contributed by atoms with Gasteiger partial charge < -0.3 is 9.84 Å². The van der Waals surface area contributed by atoms with Crippen molar-refractivity contribution in [2.45, 2.75) is 23.7 Å². The number of hydrogen-bond donors (Lipinski definition) is 2. The standard InChI is InChI=1S/C20H14Cl3N5O6S2/c21-10-5-12(22)17(13(23)6-10)34-8-15-24-25-20(35)26(15)27-18(31)14(7-16(29)30)36-19(27)9-2-1-3-11(4-9)28(32)33/h1-6,14,19H,7-8H2,(H,25,35)(H,29,30). The fraction of sp³-hybridized carbons (Fsp3) is 0.200. The van der Waals surface area contributed by atoms with Gasteiger partial charge in [0, 0.05) is 17.2 Å². The van der Waals surface area contributed by atoms with Crippen LogP contribution in [0.25, 0.3) is 0 Å². The first-order valence-corrected chi connectivity index (χ1v) is 12.4. The molecule has 4 rings (SSSR count). The van der Waals surface area contributed by atoms with Crippen LogP contribution < -0.4 is 9.75 Å². The molecule has 1 aliphatic heterocycles. The number of carboxylic acids is 1. The molecule has 1 fully saturated rings. The molecule has 1 saturated heterocycles. The van der Waals surface area contributed by atoms with Gasteiger partial charge in [0.2, 0.25) is 4.77 Å². The topological polar surface area (TPSA) is 144 Å². The molecule has 2 atom stereocenters. The molecule has 0 aliphatic carbocycles. The summed E-state index contributed by atoms with van der Waals surface area (Å²) in [4.78, 5) is 35.5. The molecule has 188 valence electrons. The van der Waals surface area contributed by atoms with E-state index in [1.165, 1.54) is 40.0 Å². The van der Waals surface area contributed by atoms with Gasteiger partial charge in [-0.1, -0.05) is 46.9 Å². The minimum Gasteiger partial charge on any atom is -0.482 e. The highest BCUT2D eigenvalue weighted by atomic mass is 35.5. The molecule has 16 heteroatoms. The lowest BCUT2D eigenvalue weighted by atomic mass is 10.2. The van der Waals surface area contributed by atoms with Crippen LogP contribution in [0, 0.1) is 14.9 Å². The van der Waals surface area contributed by atoms with Gasteiger partial charge in [-0.05, 0) is 29.9 Å². The number of aromatic amines is 1. The summed E-state index contributed by atoms with van der Waals surface area (Å²) in [5.74, 6) is -1.47. The average Bonchev–Trinajstić information content (AvgIpc) is 3.31. The number of amides is 1. The van der Waals surface area contributed by atoms with Crippen molar-refractivity contribution in [1.29, 1.82) is 0 Å². The van der Waals surface area contributed by atoms with E-state index in [1.807, 2.05) is 0 Å². The number of nitrogens with one attached hydrogen (secondary N) is 1. The molecule has 36 heavy (non-hydrogen) atoms. The number of ether oxygens (including phenoxy) is 1. The SMILES string of the molecule is O=C(O)CC1SC(c2cccc([N+](=O)[O-])c2)N(n2c(COc3c(Cl)cc(Cl)cc3Cl)n[nH]c2=S)C1=O. The van der Waals surface area contributed by atoms with E-state index < -0.39 is 33.8 Å². The molecule has 0 radical (unpaired) electrons.